The van der Waals surface area contributed by atoms with E-state index < -0.39 is 10.0 Å². The molecule has 0 spiro atoms. The molecule has 0 unspecified atom stereocenters. The van der Waals surface area contributed by atoms with Crippen molar-refractivity contribution in [3.8, 4) is 17.1 Å². The quantitative estimate of drug-likeness (QED) is 0.429. The average molecular weight is 592 g/mol. The Morgan fingerprint density at radius 1 is 1.00 bits per heavy atom. The van der Waals surface area contributed by atoms with Crippen molar-refractivity contribution in [3.63, 3.8) is 0 Å². The minimum absolute atomic E-state index is 0.0228. The molecule has 3 heterocycles. The van der Waals surface area contributed by atoms with Crippen LogP contribution < -0.4 is 14.8 Å². The van der Waals surface area contributed by atoms with Gasteiger partial charge in [-0.05, 0) is 86.9 Å². The smallest absolute Gasteiger partial charge is 0.264 e. The summed E-state index contributed by atoms with van der Waals surface area (Å²) in [6, 6.07) is 13.7. The van der Waals surface area contributed by atoms with Crippen molar-refractivity contribution in [1.82, 2.24) is 20.2 Å². The van der Waals surface area contributed by atoms with Crippen molar-refractivity contribution in [2.24, 2.45) is 11.3 Å². The molecular weight excluding hydrogens is 550 g/mol. The van der Waals surface area contributed by atoms with Gasteiger partial charge in [0.2, 0.25) is 11.8 Å². The van der Waals surface area contributed by atoms with Gasteiger partial charge in [0.15, 0.2) is 0 Å². The third-order valence-corrected chi connectivity index (χ3v) is 9.27. The number of hydrogen-bond donors (Lipinski definition) is 2. The first kappa shape index (κ1) is 30.0. The highest BCUT2D eigenvalue weighted by Crippen LogP contribution is 2.32. The Bertz CT molecular complexity index is 1540. The minimum atomic E-state index is -4.10. The fraction of sp³-hybridized carbons (Fsp3) is 0.469. The molecule has 1 amide bonds. The monoisotopic (exact) mass is 591 g/mol. The zero-order valence-corrected chi connectivity index (χ0v) is 25.9. The molecule has 5 rings (SSSR count). The average Bonchev–Trinajstić information content (AvgIpc) is 2.93. The predicted molar refractivity (Wildman–Crippen MR) is 164 cm³/mol. The number of fused-ring (bicyclic) bond motifs is 4. The zero-order chi connectivity index (χ0) is 30.1. The molecule has 1 atom stereocenters. The van der Waals surface area contributed by atoms with Crippen LogP contribution in [0.4, 0.5) is 5.95 Å². The molecule has 4 bridgehead atoms. The van der Waals surface area contributed by atoms with E-state index >= 15 is 0 Å². The van der Waals surface area contributed by atoms with Crippen molar-refractivity contribution < 1.29 is 17.9 Å². The molecule has 0 aliphatic carbocycles. The van der Waals surface area contributed by atoms with E-state index in [0.29, 0.717) is 30.1 Å². The summed E-state index contributed by atoms with van der Waals surface area (Å²) in [5, 5.41) is 3.40. The Balaban J connectivity index is 1.65. The normalized spacial score (nSPS) is 19.6. The Morgan fingerprint density at radius 2 is 1.69 bits per heavy atom. The first-order valence-corrected chi connectivity index (χ1v) is 16.1. The lowest BCUT2D eigenvalue weighted by Crippen LogP contribution is -2.49. The van der Waals surface area contributed by atoms with E-state index in [9.17, 15) is 13.2 Å². The van der Waals surface area contributed by atoms with Crippen LogP contribution in [0.15, 0.2) is 53.4 Å². The van der Waals surface area contributed by atoms with Gasteiger partial charge in [-0.2, -0.15) is 4.98 Å². The van der Waals surface area contributed by atoms with Gasteiger partial charge in [-0.1, -0.05) is 45.0 Å². The molecule has 1 fully saturated rings. The molecule has 2 aromatic carbocycles. The van der Waals surface area contributed by atoms with Gasteiger partial charge in [-0.15, -0.1) is 0 Å². The maximum Gasteiger partial charge on any atom is 0.264 e. The maximum atomic E-state index is 14.2. The lowest BCUT2D eigenvalue weighted by Gasteiger charge is -2.38. The van der Waals surface area contributed by atoms with Crippen molar-refractivity contribution >= 4 is 21.9 Å². The van der Waals surface area contributed by atoms with Crippen LogP contribution in [0.2, 0.25) is 0 Å². The summed E-state index contributed by atoms with van der Waals surface area (Å²) >= 11 is 0. The number of carbonyl (C=O) groups excluding carboxylic acids is 1. The molecule has 0 radical (unpaired) electrons. The largest absolute Gasteiger partial charge is 0.475 e. The van der Waals surface area contributed by atoms with Gasteiger partial charge in [-0.3, -0.25) is 4.79 Å². The predicted octanol–water partition coefficient (Wildman–Crippen LogP) is 5.20. The highest BCUT2D eigenvalue weighted by atomic mass is 32.2. The van der Waals surface area contributed by atoms with E-state index in [4.69, 9.17) is 4.74 Å². The van der Waals surface area contributed by atoms with Crippen molar-refractivity contribution in [2.45, 2.75) is 64.8 Å². The fourth-order valence-electron chi connectivity index (χ4n) is 5.92. The number of aryl methyl sites for hydroxylation is 2. The van der Waals surface area contributed by atoms with Crippen LogP contribution in [0, 0.1) is 25.2 Å². The SMILES string of the molecule is Cc1cccc(C)c1-c1cc2nc(n1)NS(=O)(=O)c1cccc(c1)C(=O)N(CC1CCNCC1)[C@H](CC(C)(C)C)CO2. The highest BCUT2D eigenvalue weighted by molar-refractivity contribution is 7.92. The second-order valence-electron chi connectivity index (χ2n) is 12.7. The van der Waals surface area contributed by atoms with Gasteiger partial charge in [0, 0.05) is 23.7 Å². The van der Waals surface area contributed by atoms with Crippen molar-refractivity contribution in [2.75, 3.05) is 31.0 Å². The van der Waals surface area contributed by atoms with Crippen LogP contribution >= 0.6 is 0 Å². The summed E-state index contributed by atoms with van der Waals surface area (Å²) in [6.45, 7) is 13.1. The van der Waals surface area contributed by atoms with Crippen LogP contribution in [0.25, 0.3) is 11.3 Å². The topological polar surface area (TPSA) is 114 Å². The number of amides is 1. The van der Waals surface area contributed by atoms with Gasteiger partial charge < -0.3 is 15.0 Å². The number of carbonyl (C=O) groups is 1. The summed E-state index contributed by atoms with van der Waals surface area (Å²) in [7, 11) is -4.10. The van der Waals surface area contributed by atoms with Gasteiger partial charge in [-0.25, -0.2) is 18.1 Å². The molecule has 2 aliphatic heterocycles. The maximum absolute atomic E-state index is 14.2. The summed E-state index contributed by atoms with van der Waals surface area (Å²) in [4.78, 5) is 25.2. The van der Waals surface area contributed by atoms with Crippen LogP contribution in [0.1, 0.15) is 61.5 Å². The summed E-state index contributed by atoms with van der Waals surface area (Å²) in [6.07, 6.45) is 2.64. The molecule has 224 valence electrons. The number of piperidine rings is 1. The number of nitrogens with zero attached hydrogens (tertiary/aromatic N) is 3. The standard InChI is InChI=1S/C32H41N5O4S/c1-21-8-6-9-22(2)29(21)27-17-28-35-31(34-27)36-42(39,40)26-11-7-10-24(16-26)30(38)37(19-23-12-14-33-15-13-23)25(20-41-28)18-32(3,4)5/h6-11,16-17,23,25,33H,12-15,18-20H2,1-5H3,(H,34,35,36)/t25-/m1/s1. The number of rotatable bonds is 4. The zero-order valence-electron chi connectivity index (χ0n) is 25.1. The van der Waals surface area contributed by atoms with Crippen LogP contribution in [0.5, 0.6) is 5.88 Å². The van der Waals surface area contributed by atoms with Gasteiger partial charge >= 0.3 is 0 Å². The van der Waals surface area contributed by atoms with Gasteiger partial charge in [0.1, 0.15) is 6.61 Å². The molecule has 10 heteroatoms. The van der Waals surface area contributed by atoms with Crippen LogP contribution in [-0.2, 0) is 10.0 Å². The third-order valence-electron chi connectivity index (χ3n) is 7.94. The second kappa shape index (κ2) is 12.0. The Labute approximate surface area is 249 Å². The van der Waals surface area contributed by atoms with Crippen LogP contribution in [-0.4, -0.2) is 61.5 Å². The Kier molecular flexibility index (Phi) is 8.57. The summed E-state index contributed by atoms with van der Waals surface area (Å²) in [5.41, 5.74) is 3.69. The molecule has 2 N–H and O–H groups in total. The third kappa shape index (κ3) is 6.93. The number of hydrogen-bond acceptors (Lipinski definition) is 7. The van der Waals surface area contributed by atoms with Crippen molar-refractivity contribution in [3.05, 3.63) is 65.2 Å². The first-order chi connectivity index (χ1) is 19.9. The fourth-order valence-corrected chi connectivity index (χ4v) is 6.91. The van der Waals surface area contributed by atoms with Gasteiger partial charge in [0.25, 0.3) is 15.9 Å². The summed E-state index contributed by atoms with van der Waals surface area (Å²) < 4.78 is 36.0. The number of aromatic nitrogens is 2. The van der Waals surface area contributed by atoms with Gasteiger partial charge in [0.05, 0.1) is 16.6 Å². The Morgan fingerprint density at radius 3 is 2.38 bits per heavy atom. The molecule has 3 aromatic rings. The van der Waals surface area contributed by atoms with Crippen LogP contribution in [0.3, 0.4) is 0 Å². The van der Waals surface area contributed by atoms with E-state index in [-0.39, 0.29) is 40.7 Å². The number of nitrogens with one attached hydrogen (secondary N) is 2. The van der Waals surface area contributed by atoms with E-state index in [1.54, 1.807) is 18.2 Å². The summed E-state index contributed by atoms with van der Waals surface area (Å²) in [5.74, 6) is 0.305. The highest BCUT2D eigenvalue weighted by Gasteiger charge is 2.33. The van der Waals surface area contributed by atoms with E-state index in [1.165, 1.54) is 12.1 Å². The molecule has 2 aliphatic rings. The number of sulfonamides is 1. The number of anilines is 1. The lowest BCUT2D eigenvalue weighted by atomic mass is 9.86. The van der Waals surface area contributed by atoms with E-state index in [1.807, 2.05) is 36.9 Å². The minimum Gasteiger partial charge on any atom is -0.475 e. The molecule has 1 saturated heterocycles. The molecular formula is C32H41N5O4S. The second-order valence-corrected chi connectivity index (χ2v) is 14.4. The number of benzene rings is 2. The molecule has 42 heavy (non-hydrogen) atoms. The van der Waals surface area contributed by atoms with E-state index in [2.05, 4.69) is 40.8 Å². The first-order valence-electron chi connectivity index (χ1n) is 14.6. The lowest BCUT2D eigenvalue weighted by molar-refractivity contribution is 0.0470. The molecule has 1 aromatic heterocycles. The molecule has 9 nitrogen and oxygen atoms in total. The Hall–Kier alpha value is -3.50. The molecule has 0 saturated carbocycles. The van der Waals surface area contributed by atoms with E-state index in [0.717, 1.165) is 42.6 Å². The van der Waals surface area contributed by atoms with Crippen molar-refractivity contribution in [1.29, 1.82) is 0 Å². The number of ether oxygens (including phenoxy) is 1.